The van der Waals surface area contributed by atoms with Crippen LogP contribution in [-0.2, 0) is 52.6 Å². The summed E-state index contributed by atoms with van der Waals surface area (Å²) in [6.45, 7) is 5.27. The van der Waals surface area contributed by atoms with Gasteiger partial charge >= 0.3 is 11.9 Å². The van der Waals surface area contributed by atoms with Crippen LogP contribution >= 0.6 is 0 Å². The maximum absolute atomic E-state index is 13.1. The molecule has 0 aliphatic carbocycles. The molecule has 318 valence electrons. The molecule has 0 aromatic rings. The first-order valence-electron chi connectivity index (χ1n) is 17.6. The molecule has 0 bridgehead atoms. The number of carbonyl (C=O) groups is 9. The van der Waals surface area contributed by atoms with Gasteiger partial charge in [0.15, 0.2) is 6.29 Å². The van der Waals surface area contributed by atoms with Gasteiger partial charge in [-0.25, -0.2) is 4.79 Å². The molecule has 0 radical (unpaired) electrons. The highest BCUT2D eigenvalue weighted by Gasteiger charge is 2.47. The predicted molar refractivity (Wildman–Crippen MR) is 188 cm³/mol. The first-order valence-corrected chi connectivity index (χ1v) is 17.6. The number of aliphatic hydroxyl groups excluding tert-OH is 3. The summed E-state index contributed by atoms with van der Waals surface area (Å²) in [6, 6.07) is -9.33. The van der Waals surface area contributed by atoms with Crippen molar-refractivity contribution < 1.29 is 78.2 Å². The lowest BCUT2D eigenvalue weighted by molar-refractivity contribution is -0.266. The highest BCUT2D eigenvalue weighted by molar-refractivity contribution is 5.94. The fraction of sp³-hybridized carbons (Fsp3) is 0.719. The minimum atomic E-state index is -1.73. The van der Waals surface area contributed by atoms with E-state index in [2.05, 4.69) is 31.9 Å². The molecule has 4 unspecified atom stereocenters. The molecule has 12 atom stereocenters. The molecule has 0 aromatic heterocycles. The van der Waals surface area contributed by atoms with Crippen molar-refractivity contribution in [3.8, 4) is 0 Å². The summed E-state index contributed by atoms with van der Waals surface area (Å²) in [5, 5.41) is 62.8. The van der Waals surface area contributed by atoms with E-state index in [0.29, 0.717) is 0 Å². The van der Waals surface area contributed by atoms with Crippen LogP contribution in [0.3, 0.4) is 0 Å². The van der Waals surface area contributed by atoms with Crippen molar-refractivity contribution in [1.29, 1.82) is 0 Å². The summed E-state index contributed by atoms with van der Waals surface area (Å²) in [6.07, 6.45) is -8.61. The van der Waals surface area contributed by atoms with E-state index < -0.39 is 146 Å². The number of hydrogen-bond acceptors (Lipinski definition) is 15. The zero-order chi connectivity index (χ0) is 43.0. The van der Waals surface area contributed by atoms with Gasteiger partial charge in [0.05, 0.1) is 12.6 Å². The Morgan fingerprint density at radius 2 is 1.29 bits per heavy atom. The van der Waals surface area contributed by atoms with Crippen molar-refractivity contribution in [2.24, 2.45) is 11.5 Å². The summed E-state index contributed by atoms with van der Waals surface area (Å²) in [7, 11) is 0. The largest absolute Gasteiger partial charge is 0.480 e. The highest BCUT2D eigenvalue weighted by Crippen LogP contribution is 2.24. The number of hydrogen-bond donors (Lipinski definition) is 13. The van der Waals surface area contributed by atoms with Gasteiger partial charge in [-0.1, -0.05) is 0 Å². The normalized spacial score (nSPS) is 23.0. The number of ether oxygens (including phenoxy) is 2. The third kappa shape index (κ3) is 16.0. The third-order valence-electron chi connectivity index (χ3n) is 8.51. The molecule has 1 fully saturated rings. The van der Waals surface area contributed by atoms with Crippen LogP contribution in [0.5, 0.6) is 0 Å². The molecule has 1 heterocycles. The summed E-state index contributed by atoms with van der Waals surface area (Å²) >= 11 is 0. The Labute approximate surface area is 321 Å². The second kappa shape index (κ2) is 23.2. The zero-order valence-corrected chi connectivity index (χ0v) is 31.6. The Bertz CT molecular complexity index is 1430. The molecule has 1 rings (SSSR count). The van der Waals surface area contributed by atoms with E-state index in [1.807, 2.05) is 0 Å². The van der Waals surface area contributed by atoms with E-state index in [1.165, 1.54) is 27.7 Å². The smallest absolute Gasteiger partial charge is 0.326 e. The fourth-order valence-corrected chi connectivity index (χ4v) is 5.16. The molecule has 1 aliphatic rings. The second-order valence-electron chi connectivity index (χ2n) is 13.2. The number of nitrogens with two attached hydrogens (primary N) is 2. The lowest BCUT2D eigenvalue weighted by Crippen LogP contribution is -2.65. The first-order chi connectivity index (χ1) is 26.0. The van der Waals surface area contributed by atoms with Gasteiger partial charge < -0.3 is 78.4 Å². The Kier molecular flexibility index (Phi) is 20.3. The molecule has 0 spiro atoms. The number of amides is 7. The van der Waals surface area contributed by atoms with Gasteiger partial charge in [-0.15, -0.1) is 0 Å². The van der Waals surface area contributed by atoms with Gasteiger partial charge in [0.2, 0.25) is 41.4 Å². The molecule has 56 heavy (non-hydrogen) atoms. The fourth-order valence-electron chi connectivity index (χ4n) is 5.16. The topological polar surface area (TPSA) is 397 Å². The minimum Gasteiger partial charge on any atom is -0.480 e. The number of aliphatic hydroxyl groups is 3. The number of carboxylic acid groups (broad SMARTS) is 2. The van der Waals surface area contributed by atoms with Crippen molar-refractivity contribution in [2.75, 3.05) is 6.61 Å². The van der Waals surface area contributed by atoms with Crippen LogP contribution in [-0.4, -0.2) is 158 Å². The van der Waals surface area contributed by atoms with Crippen LogP contribution in [0.4, 0.5) is 0 Å². The monoisotopic (exact) mass is 806 g/mol. The zero-order valence-electron chi connectivity index (χ0n) is 31.6. The third-order valence-corrected chi connectivity index (χ3v) is 8.51. The summed E-state index contributed by atoms with van der Waals surface area (Å²) in [5.74, 6) is -8.82. The van der Waals surface area contributed by atoms with Crippen LogP contribution in [0, 0.1) is 0 Å². The predicted octanol–water partition coefficient (Wildman–Crippen LogP) is -6.25. The summed E-state index contributed by atoms with van der Waals surface area (Å²) in [5.41, 5.74) is 10.8. The molecule has 1 saturated heterocycles. The highest BCUT2D eigenvalue weighted by atomic mass is 16.6. The van der Waals surface area contributed by atoms with Crippen LogP contribution in [0.1, 0.15) is 66.7 Å². The minimum absolute atomic E-state index is 0.0241. The number of aliphatic carboxylic acids is 2. The second-order valence-corrected chi connectivity index (χ2v) is 13.2. The van der Waals surface area contributed by atoms with Crippen molar-refractivity contribution >= 4 is 53.3 Å². The van der Waals surface area contributed by atoms with Gasteiger partial charge in [0.1, 0.15) is 60.7 Å². The maximum Gasteiger partial charge on any atom is 0.326 e. The van der Waals surface area contributed by atoms with E-state index in [1.54, 1.807) is 0 Å². The summed E-state index contributed by atoms with van der Waals surface area (Å²) < 4.78 is 10.7. The van der Waals surface area contributed by atoms with Crippen molar-refractivity contribution in [3.05, 3.63) is 0 Å². The molecule has 7 amide bonds. The lowest BCUT2D eigenvalue weighted by Gasteiger charge is -2.43. The molecule has 24 nitrogen and oxygen atoms in total. The molecular weight excluding hydrogens is 752 g/mol. The van der Waals surface area contributed by atoms with Gasteiger partial charge in [-0.05, 0) is 53.4 Å². The van der Waals surface area contributed by atoms with E-state index >= 15 is 0 Å². The van der Waals surface area contributed by atoms with E-state index in [4.69, 9.17) is 26.0 Å². The van der Waals surface area contributed by atoms with Crippen LogP contribution in [0.2, 0.25) is 0 Å². The number of carbonyl (C=O) groups excluding carboxylic acids is 7. The van der Waals surface area contributed by atoms with Gasteiger partial charge in [-0.2, -0.15) is 0 Å². The van der Waals surface area contributed by atoms with E-state index in [0.717, 1.165) is 6.92 Å². The van der Waals surface area contributed by atoms with Crippen molar-refractivity contribution in [1.82, 2.24) is 31.9 Å². The number of nitrogens with one attached hydrogen (secondary N) is 6. The van der Waals surface area contributed by atoms with Crippen molar-refractivity contribution in [3.63, 3.8) is 0 Å². The quantitative estimate of drug-likeness (QED) is 0.0457. The van der Waals surface area contributed by atoms with Gasteiger partial charge in [-0.3, -0.25) is 38.4 Å². The van der Waals surface area contributed by atoms with Crippen molar-refractivity contribution in [2.45, 2.75) is 140 Å². The molecule has 1 aliphatic heterocycles. The number of primary amides is 1. The maximum atomic E-state index is 13.1. The number of carboxylic acids is 2. The lowest BCUT2D eigenvalue weighted by atomic mass is 9.96. The average Bonchev–Trinajstić information content (AvgIpc) is 3.11. The summed E-state index contributed by atoms with van der Waals surface area (Å²) in [4.78, 5) is 110. The molecule has 0 saturated carbocycles. The Morgan fingerprint density at radius 3 is 1.80 bits per heavy atom. The Hall–Kier alpha value is -5.01. The average molecular weight is 807 g/mol. The van der Waals surface area contributed by atoms with Crippen LogP contribution < -0.4 is 43.4 Å². The van der Waals surface area contributed by atoms with E-state index in [-0.39, 0.29) is 19.3 Å². The Balaban J connectivity index is 2.91. The molecule has 0 aromatic carbocycles. The van der Waals surface area contributed by atoms with Crippen LogP contribution in [0.15, 0.2) is 0 Å². The van der Waals surface area contributed by atoms with E-state index in [9.17, 15) is 63.6 Å². The SMILES string of the molecule is CC(=O)N[C@@H]1[C@@H](OC(C)C(=O)N[C@@H](C)C(=O)NC(CCC(=O)NC(CCCC(N)C(N)=O)C(=O)N[C@H](C)C(=O)N[C@H](C)C(=O)O)C(=O)O)[C@H](O)[C@@H](CO)O[C@H]1O. The molecule has 15 N–H and O–H groups in total. The standard InChI is InChI=1S/C32H54N8O16/c1-12(26(46)37-14(3)30(50)51)36-29(49)18(8-6-7-17(33)25(34)45)39-21(43)10-9-19(31(52)53)40-27(47)13(2)35-28(48)15(4)55-24-22(38-16(5)42)32(54)56-20(11-41)23(24)44/h12-15,17-20,22-24,32,41,44,54H,6-11,33H2,1-5H3,(H2,34,45)(H,35,48)(H,36,49)(H,37,46)(H,38,42)(H,39,43)(H,40,47)(H,50,51)(H,52,53)/t12-,13+,14-,15?,17?,18?,19?,20-,22-,23-,24-,32-/m1/s1. The van der Waals surface area contributed by atoms with Gasteiger partial charge in [0, 0.05) is 13.3 Å². The first kappa shape index (κ1) is 49.0. The van der Waals surface area contributed by atoms with Gasteiger partial charge in [0.25, 0.3) is 0 Å². The van der Waals surface area contributed by atoms with Crippen LogP contribution in [0.25, 0.3) is 0 Å². The number of rotatable bonds is 23. The molecule has 24 heteroatoms. The molecular formula is C32H54N8O16. The Morgan fingerprint density at radius 1 is 0.732 bits per heavy atom.